The Morgan fingerprint density at radius 3 is 2.37 bits per heavy atom. The molecular formula is C22H23N3O2. The van der Waals surface area contributed by atoms with Crippen LogP contribution in [0.1, 0.15) is 50.2 Å². The summed E-state index contributed by atoms with van der Waals surface area (Å²) in [6.07, 6.45) is 1.90. The fraction of sp³-hybridized carbons (Fsp3) is 0.227. The predicted molar refractivity (Wildman–Crippen MR) is 105 cm³/mol. The highest BCUT2D eigenvalue weighted by atomic mass is 16.1. The molecule has 0 saturated heterocycles. The molecule has 0 radical (unpaired) electrons. The zero-order valence-electron chi connectivity index (χ0n) is 16.0. The van der Waals surface area contributed by atoms with Gasteiger partial charge in [-0.2, -0.15) is 4.99 Å². The van der Waals surface area contributed by atoms with Crippen molar-refractivity contribution in [3.05, 3.63) is 87.8 Å². The van der Waals surface area contributed by atoms with E-state index in [1.807, 2.05) is 29.0 Å². The molecule has 0 bridgehead atoms. The summed E-state index contributed by atoms with van der Waals surface area (Å²) in [7, 11) is 0. The summed E-state index contributed by atoms with van der Waals surface area (Å²) in [5.41, 5.74) is 5.17. The monoisotopic (exact) mass is 361 g/mol. The van der Waals surface area contributed by atoms with Crippen LogP contribution in [-0.4, -0.2) is 21.2 Å². The van der Waals surface area contributed by atoms with Crippen molar-refractivity contribution in [1.82, 2.24) is 9.55 Å². The first-order chi connectivity index (χ1) is 12.9. The molecule has 2 heterocycles. The van der Waals surface area contributed by atoms with Crippen LogP contribution in [-0.2, 0) is 6.54 Å². The van der Waals surface area contributed by atoms with Crippen molar-refractivity contribution in [3.63, 3.8) is 0 Å². The van der Waals surface area contributed by atoms with Crippen LogP contribution < -0.4 is 5.49 Å². The minimum Gasteiger partial charge on any atom is -0.354 e. The van der Waals surface area contributed by atoms with Crippen molar-refractivity contribution in [2.24, 2.45) is 4.99 Å². The molecule has 3 rings (SSSR count). The zero-order chi connectivity index (χ0) is 19.6. The standard InChI is InChI=1S/C22H23N3O2/c1-14-8-10-18(11-9-14)13-25-12-6-5-7-19(25)24-22(27)21-15(2)20(17(4)26)16(3)23-21/h5-12,23H,13H2,1-4H3. The van der Waals surface area contributed by atoms with Crippen molar-refractivity contribution >= 4 is 11.7 Å². The zero-order valence-corrected chi connectivity index (χ0v) is 16.0. The number of aryl methyl sites for hydroxylation is 2. The van der Waals surface area contributed by atoms with Crippen molar-refractivity contribution in [2.75, 3.05) is 0 Å². The van der Waals surface area contributed by atoms with Gasteiger partial charge < -0.3 is 9.55 Å². The number of Topliss-reactive ketones (excluding diaryl/α,β-unsaturated/α-hetero) is 1. The number of carbonyl (C=O) groups is 2. The third-order valence-corrected chi connectivity index (χ3v) is 4.61. The molecule has 0 aliphatic heterocycles. The topological polar surface area (TPSA) is 67.2 Å². The maximum atomic E-state index is 12.7. The number of nitrogens with zero attached hydrogens (tertiary/aromatic N) is 2. The maximum absolute atomic E-state index is 12.7. The van der Waals surface area contributed by atoms with Gasteiger partial charge in [0.1, 0.15) is 11.2 Å². The number of aromatic amines is 1. The van der Waals surface area contributed by atoms with Gasteiger partial charge in [0.15, 0.2) is 5.78 Å². The lowest BCUT2D eigenvalue weighted by molar-refractivity contribution is 0.0991. The molecule has 5 nitrogen and oxygen atoms in total. The summed E-state index contributed by atoms with van der Waals surface area (Å²) in [4.78, 5) is 31.9. The number of hydrogen-bond acceptors (Lipinski definition) is 2. The maximum Gasteiger partial charge on any atom is 0.295 e. The van der Waals surface area contributed by atoms with Crippen molar-refractivity contribution in [2.45, 2.75) is 34.2 Å². The van der Waals surface area contributed by atoms with Crippen LogP contribution in [0.4, 0.5) is 0 Å². The third-order valence-electron chi connectivity index (χ3n) is 4.61. The second-order valence-corrected chi connectivity index (χ2v) is 6.77. The molecule has 0 aliphatic carbocycles. The second-order valence-electron chi connectivity index (χ2n) is 6.77. The molecule has 27 heavy (non-hydrogen) atoms. The van der Waals surface area contributed by atoms with E-state index in [9.17, 15) is 9.59 Å². The molecule has 0 fully saturated rings. The van der Waals surface area contributed by atoms with E-state index >= 15 is 0 Å². The highest BCUT2D eigenvalue weighted by Crippen LogP contribution is 2.19. The van der Waals surface area contributed by atoms with Gasteiger partial charge in [0.05, 0.1) is 0 Å². The summed E-state index contributed by atoms with van der Waals surface area (Å²) < 4.78 is 1.93. The summed E-state index contributed by atoms with van der Waals surface area (Å²) in [6, 6.07) is 13.8. The molecule has 1 aromatic carbocycles. The minimum atomic E-state index is -0.382. The van der Waals surface area contributed by atoms with Gasteiger partial charge in [-0.05, 0) is 51.0 Å². The summed E-state index contributed by atoms with van der Waals surface area (Å²) in [5, 5.41) is 0. The normalized spacial score (nSPS) is 11.6. The Morgan fingerprint density at radius 1 is 1.04 bits per heavy atom. The SMILES string of the molecule is CC(=O)c1c(C)[nH]c(C(=O)N=c2ccccn2Cc2ccc(C)cc2)c1C. The molecule has 0 aliphatic rings. The molecule has 3 aromatic rings. The van der Waals surface area contributed by atoms with Gasteiger partial charge in [0.25, 0.3) is 5.91 Å². The largest absolute Gasteiger partial charge is 0.354 e. The van der Waals surface area contributed by atoms with Crippen LogP contribution in [0.15, 0.2) is 53.7 Å². The van der Waals surface area contributed by atoms with Crippen LogP contribution in [0.3, 0.4) is 0 Å². The van der Waals surface area contributed by atoms with Gasteiger partial charge in [-0.3, -0.25) is 9.59 Å². The van der Waals surface area contributed by atoms with Crippen LogP contribution in [0.25, 0.3) is 0 Å². The van der Waals surface area contributed by atoms with Crippen LogP contribution in [0.5, 0.6) is 0 Å². The average molecular weight is 361 g/mol. The number of benzene rings is 1. The summed E-state index contributed by atoms with van der Waals surface area (Å²) >= 11 is 0. The fourth-order valence-corrected chi connectivity index (χ4v) is 3.24. The Balaban J connectivity index is 1.98. The van der Waals surface area contributed by atoms with Gasteiger partial charge in [0.2, 0.25) is 0 Å². The number of ketones is 1. The fourth-order valence-electron chi connectivity index (χ4n) is 3.24. The van der Waals surface area contributed by atoms with Crippen molar-refractivity contribution in [1.29, 1.82) is 0 Å². The van der Waals surface area contributed by atoms with E-state index in [0.29, 0.717) is 34.5 Å². The number of rotatable bonds is 4. The summed E-state index contributed by atoms with van der Waals surface area (Å²) in [5.74, 6) is -0.443. The highest BCUT2D eigenvalue weighted by molar-refractivity contribution is 6.02. The number of hydrogen-bond donors (Lipinski definition) is 1. The minimum absolute atomic E-state index is 0.0607. The molecule has 5 heteroatoms. The first-order valence-electron chi connectivity index (χ1n) is 8.87. The van der Waals surface area contributed by atoms with E-state index in [1.54, 1.807) is 13.8 Å². The Labute approximate surface area is 158 Å². The quantitative estimate of drug-likeness (QED) is 0.720. The number of amides is 1. The molecule has 1 N–H and O–H groups in total. The van der Waals surface area contributed by atoms with Crippen molar-refractivity contribution < 1.29 is 9.59 Å². The van der Waals surface area contributed by atoms with E-state index in [0.717, 1.165) is 5.56 Å². The molecular weight excluding hydrogens is 338 g/mol. The second kappa shape index (κ2) is 7.58. The molecule has 1 amide bonds. The first-order valence-corrected chi connectivity index (χ1v) is 8.87. The Bertz CT molecular complexity index is 1070. The van der Waals surface area contributed by atoms with Crippen molar-refractivity contribution in [3.8, 4) is 0 Å². The molecule has 0 unspecified atom stereocenters. The Kier molecular flexibility index (Phi) is 5.21. The van der Waals surface area contributed by atoms with E-state index in [2.05, 4.69) is 41.2 Å². The summed E-state index contributed by atoms with van der Waals surface area (Å²) in [6.45, 7) is 7.74. The predicted octanol–water partition coefficient (Wildman–Crippen LogP) is 3.73. The van der Waals surface area contributed by atoms with E-state index in [4.69, 9.17) is 0 Å². The lowest BCUT2D eigenvalue weighted by Crippen LogP contribution is -2.22. The number of H-pyrrole nitrogens is 1. The molecule has 138 valence electrons. The smallest absolute Gasteiger partial charge is 0.295 e. The lowest BCUT2D eigenvalue weighted by atomic mass is 10.1. The molecule has 0 saturated carbocycles. The van der Waals surface area contributed by atoms with Gasteiger partial charge in [-0.25, -0.2) is 0 Å². The van der Waals surface area contributed by atoms with E-state index in [-0.39, 0.29) is 11.7 Å². The number of nitrogens with one attached hydrogen (secondary N) is 1. The Hall–Kier alpha value is -3.21. The molecule has 0 atom stereocenters. The lowest BCUT2D eigenvalue weighted by Gasteiger charge is -2.08. The van der Waals surface area contributed by atoms with E-state index < -0.39 is 0 Å². The van der Waals surface area contributed by atoms with Gasteiger partial charge in [-0.15, -0.1) is 0 Å². The van der Waals surface area contributed by atoms with Crippen LogP contribution >= 0.6 is 0 Å². The van der Waals surface area contributed by atoms with Crippen LogP contribution in [0, 0.1) is 20.8 Å². The van der Waals surface area contributed by atoms with Crippen LogP contribution in [0.2, 0.25) is 0 Å². The first kappa shape index (κ1) is 18.6. The third kappa shape index (κ3) is 3.97. The number of pyridine rings is 1. The van der Waals surface area contributed by atoms with Gasteiger partial charge >= 0.3 is 0 Å². The highest BCUT2D eigenvalue weighted by Gasteiger charge is 2.19. The average Bonchev–Trinajstić information content (AvgIpc) is 2.93. The van der Waals surface area contributed by atoms with Gasteiger partial charge in [-0.1, -0.05) is 35.9 Å². The molecule has 2 aromatic heterocycles. The number of carbonyl (C=O) groups excluding carboxylic acids is 2. The number of aromatic nitrogens is 2. The van der Waals surface area contributed by atoms with E-state index in [1.165, 1.54) is 12.5 Å². The Morgan fingerprint density at radius 2 is 1.74 bits per heavy atom. The molecule has 0 spiro atoms. The van der Waals surface area contributed by atoms with Gasteiger partial charge in [0, 0.05) is 24.0 Å².